The molecule has 144 valence electrons. The van der Waals surface area contributed by atoms with E-state index in [1.165, 1.54) is 18.2 Å². The topological polar surface area (TPSA) is 23.6 Å². The van der Waals surface area contributed by atoms with Gasteiger partial charge in [0.15, 0.2) is 0 Å². The van der Waals surface area contributed by atoms with Crippen LogP contribution in [0.15, 0.2) is 48.5 Å². The minimum absolute atomic E-state index is 0.127. The lowest BCUT2D eigenvalue weighted by atomic mass is 9.95. The Kier molecular flexibility index (Phi) is 6.56. The van der Waals surface area contributed by atoms with Crippen molar-refractivity contribution < 1.29 is 13.6 Å². The maximum atomic E-state index is 13.8. The van der Waals surface area contributed by atoms with E-state index in [1.54, 1.807) is 30.1 Å². The fourth-order valence-electron chi connectivity index (χ4n) is 3.68. The number of nitrogens with zero attached hydrogens (tertiary/aromatic N) is 2. The first-order chi connectivity index (χ1) is 13.0. The van der Waals surface area contributed by atoms with Crippen LogP contribution in [0.3, 0.4) is 0 Å². The van der Waals surface area contributed by atoms with Gasteiger partial charge in [-0.1, -0.05) is 30.3 Å². The fourth-order valence-corrected chi connectivity index (χ4v) is 3.68. The molecule has 2 aromatic carbocycles. The molecule has 0 bridgehead atoms. The molecule has 3 rings (SSSR count). The van der Waals surface area contributed by atoms with Crippen molar-refractivity contribution in [3.63, 3.8) is 0 Å². The molecule has 1 fully saturated rings. The number of rotatable bonds is 6. The zero-order valence-electron chi connectivity index (χ0n) is 15.7. The Morgan fingerprint density at radius 2 is 1.67 bits per heavy atom. The van der Waals surface area contributed by atoms with Gasteiger partial charge in [-0.3, -0.25) is 4.79 Å². The Morgan fingerprint density at radius 1 is 1.04 bits per heavy atom. The van der Waals surface area contributed by atoms with Crippen LogP contribution in [0.25, 0.3) is 0 Å². The summed E-state index contributed by atoms with van der Waals surface area (Å²) in [5.74, 6) is -0.469. The molecule has 5 heteroatoms. The molecule has 0 aromatic heterocycles. The maximum Gasteiger partial charge on any atom is 0.256 e. The minimum Gasteiger partial charge on any atom is -0.341 e. The highest BCUT2D eigenvalue weighted by molar-refractivity contribution is 5.94. The van der Waals surface area contributed by atoms with E-state index in [0.717, 1.165) is 38.0 Å². The quantitative estimate of drug-likeness (QED) is 0.765. The maximum absolute atomic E-state index is 13.8. The van der Waals surface area contributed by atoms with Crippen LogP contribution in [0.5, 0.6) is 0 Å². The van der Waals surface area contributed by atoms with Crippen LogP contribution in [0.1, 0.15) is 28.8 Å². The van der Waals surface area contributed by atoms with E-state index < -0.39 is 5.82 Å². The second-order valence-electron chi connectivity index (χ2n) is 7.29. The molecule has 3 nitrogen and oxygen atoms in total. The van der Waals surface area contributed by atoms with Gasteiger partial charge in [0, 0.05) is 20.1 Å². The number of likely N-dealkylation sites (tertiary alicyclic amines) is 1. The lowest BCUT2D eigenvalue weighted by Gasteiger charge is -2.34. The first kappa shape index (κ1) is 19.5. The molecule has 1 saturated heterocycles. The number of amides is 1. The highest BCUT2D eigenvalue weighted by Crippen LogP contribution is 2.20. The van der Waals surface area contributed by atoms with E-state index in [-0.39, 0.29) is 17.3 Å². The van der Waals surface area contributed by atoms with Crippen molar-refractivity contribution in [2.75, 3.05) is 33.2 Å². The summed E-state index contributed by atoms with van der Waals surface area (Å²) in [6, 6.07) is 13.0. The van der Waals surface area contributed by atoms with Crippen molar-refractivity contribution in [3.05, 3.63) is 71.3 Å². The lowest BCUT2D eigenvalue weighted by molar-refractivity contribution is 0.0735. The van der Waals surface area contributed by atoms with E-state index in [9.17, 15) is 13.6 Å². The van der Waals surface area contributed by atoms with Gasteiger partial charge >= 0.3 is 0 Å². The molecular weight excluding hydrogens is 346 g/mol. The molecule has 0 saturated carbocycles. The summed E-state index contributed by atoms with van der Waals surface area (Å²) in [6.07, 6.45) is 2.70. The normalized spacial score (nSPS) is 15.7. The third kappa shape index (κ3) is 5.13. The van der Waals surface area contributed by atoms with Gasteiger partial charge in [0.1, 0.15) is 11.6 Å². The Balaban J connectivity index is 1.44. The van der Waals surface area contributed by atoms with Gasteiger partial charge in [0.25, 0.3) is 5.91 Å². The molecule has 0 aliphatic carbocycles. The van der Waals surface area contributed by atoms with E-state index in [1.807, 2.05) is 12.1 Å². The van der Waals surface area contributed by atoms with Gasteiger partial charge in [-0.2, -0.15) is 0 Å². The number of hydrogen-bond acceptors (Lipinski definition) is 2. The summed E-state index contributed by atoms with van der Waals surface area (Å²) in [5, 5.41) is 0. The molecule has 0 radical (unpaired) electrons. The van der Waals surface area contributed by atoms with Crippen molar-refractivity contribution in [2.24, 2.45) is 5.92 Å². The van der Waals surface area contributed by atoms with Crippen LogP contribution in [0.2, 0.25) is 0 Å². The van der Waals surface area contributed by atoms with E-state index >= 15 is 0 Å². The summed E-state index contributed by atoms with van der Waals surface area (Å²) in [4.78, 5) is 16.4. The Morgan fingerprint density at radius 3 is 2.33 bits per heavy atom. The number of carbonyl (C=O) groups is 1. The summed E-state index contributed by atoms with van der Waals surface area (Å²) in [7, 11) is 1.74. The molecular formula is C22H26F2N2O. The molecule has 0 N–H and O–H groups in total. The second kappa shape index (κ2) is 9.09. The van der Waals surface area contributed by atoms with Crippen LogP contribution >= 0.6 is 0 Å². The van der Waals surface area contributed by atoms with Crippen molar-refractivity contribution in [3.8, 4) is 0 Å². The van der Waals surface area contributed by atoms with Crippen LogP contribution in [-0.2, 0) is 6.42 Å². The van der Waals surface area contributed by atoms with Gasteiger partial charge in [-0.25, -0.2) is 8.78 Å². The molecule has 1 amide bonds. The van der Waals surface area contributed by atoms with Gasteiger partial charge < -0.3 is 9.80 Å². The molecule has 27 heavy (non-hydrogen) atoms. The number of carbonyl (C=O) groups excluding carboxylic acids is 1. The zero-order valence-corrected chi connectivity index (χ0v) is 15.7. The predicted molar refractivity (Wildman–Crippen MR) is 103 cm³/mol. The summed E-state index contributed by atoms with van der Waals surface area (Å²) in [5.41, 5.74) is 0.886. The van der Waals surface area contributed by atoms with Gasteiger partial charge in [0.2, 0.25) is 0 Å². The first-order valence-corrected chi connectivity index (χ1v) is 9.50. The fraction of sp³-hybridized carbons (Fsp3) is 0.409. The second-order valence-corrected chi connectivity index (χ2v) is 7.29. The highest BCUT2D eigenvalue weighted by atomic mass is 19.1. The van der Waals surface area contributed by atoms with E-state index in [2.05, 4.69) is 4.90 Å². The van der Waals surface area contributed by atoms with E-state index in [4.69, 9.17) is 0 Å². The third-order valence-corrected chi connectivity index (χ3v) is 5.35. The third-order valence-electron chi connectivity index (χ3n) is 5.35. The van der Waals surface area contributed by atoms with Crippen LogP contribution in [0.4, 0.5) is 8.78 Å². The molecule has 2 aromatic rings. The SMILES string of the molecule is CN(CC1CCN(CCc2ccccc2F)CC1)C(=O)c1ccccc1F. The molecule has 1 aliphatic rings. The summed E-state index contributed by atoms with van der Waals surface area (Å²) in [6.45, 7) is 3.37. The largest absolute Gasteiger partial charge is 0.341 e. The highest BCUT2D eigenvalue weighted by Gasteiger charge is 2.23. The smallest absolute Gasteiger partial charge is 0.256 e. The van der Waals surface area contributed by atoms with Crippen molar-refractivity contribution in [1.82, 2.24) is 9.80 Å². The van der Waals surface area contributed by atoms with Crippen molar-refractivity contribution in [1.29, 1.82) is 0 Å². The van der Waals surface area contributed by atoms with Gasteiger partial charge in [-0.05, 0) is 62.0 Å². The molecule has 0 unspecified atom stereocenters. The lowest BCUT2D eigenvalue weighted by Crippen LogP contribution is -2.40. The molecule has 0 atom stereocenters. The summed E-state index contributed by atoms with van der Waals surface area (Å²) < 4.78 is 27.5. The van der Waals surface area contributed by atoms with Crippen molar-refractivity contribution >= 4 is 5.91 Å². The van der Waals surface area contributed by atoms with Crippen LogP contribution in [0, 0.1) is 17.6 Å². The number of hydrogen-bond donors (Lipinski definition) is 0. The average Bonchev–Trinajstić information content (AvgIpc) is 2.68. The Labute approximate surface area is 159 Å². The zero-order chi connectivity index (χ0) is 19.2. The monoisotopic (exact) mass is 372 g/mol. The van der Waals surface area contributed by atoms with Crippen LogP contribution in [-0.4, -0.2) is 48.9 Å². The van der Waals surface area contributed by atoms with Gasteiger partial charge in [-0.15, -0.1) is 0 Å². The number of halogens is 2. The van der Waals surface area contributed by atoms with Crippen LogP contribution < -0.4 is 0 Å². The summed E-state index contributed by atoms with van der Waals surface area (Å²) >= 11 is 0. The molecule has 1 aliphatic heterocycles. The molecule has 1 heterocycles. The van der Waals surface area contributed by atoms with E-state index in [0.29, 0.717) is 18.9 Å². The van der Waals surface area contributed by atoms with Crippen molar-refractivity contribution in [2.45, 2.75) is 19.3 Å². The Bertz CT molecular complexity index is 772. The standard InChI is InChI=1S/C22H26F2N2O/c1-25(22(27)19-7-3-5-9-21(19)24)16-17-10-13-26(14-11-17)15-12-18-6-2-4-8-20(18)23/h2-9,17H,10-16H2,1H3. The molecule has 0 spiro atoms. The number of piperidine rings is 1. The predicted octanol–water partition coefficient (Wildman–Crippen LogP) is 3.99. The number of benzene rings is 2. The first-order valence-electron chi connectivity index (χ1n) is 9.50. The Hall–Kier alpha value is -2.27. The minimum atomic E-state index is -0.475. The van der Waals surface area contributed by atoms with Gasteiger partial charge in [0.05, 0.1) is 5.56 Å². The average molecular weight is 372 g/mol.